The Kier molecular flexibility index (Phi) is 7.08. The van der Waals surface area contributed by atoms with Gasteiger partial charge in [0, 0.05) is 42.6 Å². The van der Waals surface area contributed by atoms with Gasteiger partial charge in [-0.15, -0.1) is 0 Å². The molecule has 0 bridgehead atoms. The first kappa shape index (κ1) is 23.6. The number of nitrogens with zero attached hydrogens (tertiary/aromatic N) is 2. The number of halogens is 1. The Hall–Kier alpha value is -3.51. The van der Waals surface area contributed by atoms with Gasteiger partial charge < -0.3 is 20.6 Å². The van der Waals surface area contributed by atoms with Crippen LogP contribution in [0.2, 0.25) is 5.02 Å². The Bertz CT molecular complexity index is 1160. The minimum absolute atomic E-state index is 0.179. The van der Waals surface area contributed by atoms with Gasteiger partial charge in [-0.3, -0.25) is 4.79 Å². The molecule has 1 saturated heterocycles. The van der Waals surface area contributed by atoms with Crippen LogP contribution in [0, 0.1) is 0 Å². The van der Waals surface area contributed by atoms with Gasteiger partial charge in [-0.05, 0) is 59.5 Å². The zero-order valence-corrected chi connectivity index (χ0v) is 19.8. The van der Waals surface area contributed by atoms with E-state index in [1.165, 1.54) is 12.1 Å². The number of aromatic carboxylic acids is 1. The number of carboxylic acids is 1. The molecule has 34 heavy (non-hydrogen) atoms. The summed E-state index contributed by atoms with van der Waals surface area (Å²) < 4.78 is 0. The largest absolute Gasteiger partial charge is 0.478 e. The molecule has 2 atom stereocenters. The third-order valence-corrected chi connectivity index (χ3v) is 6.81. The van der Waals surface area contributed by atoms with Crippen molar-refractivity contribution in [3.8, 4) is 0 Å². The number of amides is 1. The molecule has 4 rings (SSSR count). The molecule has 176 valence electrons. The quantitative estimate of drug-likeness (QED) is 0.513. The number of benzene rings is 3. The van der Waals surface area contributed by atoms with Gasteiger partial charge in [0.1, 0.15) is 0 Å². The van der Waals surface area contributed by atoms with Gasteiger partial charge >= 0.3 is 5.97 Å². The molecular weight excluding hydrogens is 450 g/mol. The fourth-order valence-corrected chi connectivity index (χ4v) is 4.86. The van der Waals surface area contributed by atoms with Gasteiger partial charge in [-0.2, -0.15) is 0 Å². The van der Waals surface area contributed by atoms with Gasteiger partial charge in [-0.1, -0.05) is 48.9 Å². The van der Waals surface area contributed by atoms with Crippen LogP contribution in [-0.4, -0.2) is 43.2 Å². The molecule has 0 radical (unpaired) electrons. The summed E-state index contributed by atoms with van der Waals surface area (Å²) in [5, 5.41) is 9.92. The number of anilines is 2. The lowest BCUT2D eigenvalue weighted by molar-refractivity contribution is -0.119. The number of para-hydroxylation sites is 1. The topological polar surface area (TPSA) is 86.9 Å². The van der Waals surface area contributed by atoms with Crippen molar-refractivity contribution in [1.82, 2.24) is 0 Å². The lowest BCUT2D eigenvalue weighted by Gasteiger charge is -2.39. The molecule has 3 N–H and O–H groups in total. The Labute approximate surface area is 204 Å². The van der Waals surface area contributed by atoms with Crippen LogP contribution in [-0.2, 0) is 4.79 Å². The molecule has 2 unspecified atom stereocenters. The summed E-state index contributed by atoms with van der Waals surface area (Å²) in [6.07, 6.45) is 0. The van der Waals surface area contributed by atoms with E-state index >= 15 is 0 Å². The van der Waals surface area contributed by atoms with Crippen LogP contribution < -0.4 is 15.5 Å². The lowest BCUT2D eigenvalue weighted by atomic mass is 9.81. The van der Waals surface area contributed by atoms with Crippen LogP contribution in [0.25, 0.3) is 0 Å². The molecular formula is C27H28ClN3O3. The normalized spacial score (nSPS) is 15.6. The molecule has 1 heterocycles. The number of carboxylic acid groups (broad SMARTS) is 1. The van der Waals surface area contributed by atoms with Gasteiger partial charge in [0.25, 0.3) is 0 Å². The SMILES string of the molecule is CC(c1ccccc1N1CCN(c2ccc(Cl)cc2)CC1)C(C(N)=O)c1ccc(C(=O)O)cc1. The molecule has 1 aliphatic heterocycles. The predicted molar refractivity (Wildman–Crippen MR) is 136 cm³/mol. The van der Waals surface area contributed by atoms with Crippen LogP contribution in [0.3, 0.4) is 0 Å². The van der Waals surface area contributed by atoms with Crippen molar-refractivity contribution >= 4 is 34.9 Å². The van der Waals surface area contributed by atoms with Gasteiger partial charge in [-0.25, -0.2) is 4.79 Å². The number of carbonyl (C=O) groups is 2. The smallest absolute Gasteiger partial charge is 0.335 e. The third-order valence-electron chi connectivity index (χ3n) is 6.56. The van der Waals surface area contributed by atoms with Crippen molar-refractivity contribution in [2.75, 3.05) is 36.0 Å². The van der Waals surface area contributed by atoms with Crippen LogP contribution in [0.15, 0.2) is 72.8 Å². The van der Waals surface area contributed by atoms with E-state index in [2.05, 4.69) is 15.9 Å². The number of hydrogen-bond acceptors (Lipinski definition) is 4. The predicted octanol–water partition coefficient (Wildman–Crippen LogP) is 4.74. The average molecular weight is 478 g/mol. The summed E-state index contributed by atoms with van der Waals surface area (Å²) >= 11 is 6.03. The summed E-state index contributed by atoms with van der Waals surface area (Å²) in [5.41, 5.74) is 10.0. The van der Waals surface area contributed by atoms with Crippen molar-refractivity contribution in [1.29, 1.82) is 0 Å². The Morgan fingerprint density at radius 1 is 0.882 bits per heavy atom. The molecule has 3 aromatic rings. The number of carbonyl (C=O) groups excluding carboxylic acids is 1. The highest BCUT2D eigenvalue weighted by molar-refractivity contribution is 6.30. The number of piperazine rings is 1. The third kappa shape index (κ3) is 5.02. The molecule has 6 nitrogen and oxygen atoms in total. The highest BCUT2D eigenvalue weighted by Crippen LogP contribution is 2.38. The molecule has 0 aliphatic carbocycles. The monoisotopic (exact) mass is 477 g/mol. The number of primary amides is 1. The number of hydrogen-bond donors (Lipinski definition) is 2. The summed E-state index contributed by atoms with van der Waals surface area (Å²) in [5.74, 6) is -2.19. The second-order valence-corrected chi connectivity index (χ2v) is 9.04. The maximum atomic E-state index is 12.5. The van der Waals surface area contributed by atoms with Crippen molar-refractivity contribution in [3.63, 3.8) is 0 Å². The summed E-state index contributed by atoms with van der Waals surface area (Å²) in [4.78, 5) is 28.4. The van der Waals surface area contributed by atoms with E-state index in [1.54, 1.807) is 12.1 Å². The maximum Gasteiger partial charge on any atom is 0.335 e. The maximum absolute atomic E-state index is 12.5. The second kappa shape index (κ2) is 10.2. The number of nitrogens with two attached hydrogens (primary N) is 1. The first-order chi connectivity index (χ1) is 16.3. The minimum atomic E-state index is -1.00. The zero-order valence-electron chi connectivity index (χ0n) is 19.0. The van der Waals surface area contributed by atoms with E-state index in [1.807, 2.05) is 49.4 Å². The standard InChI is InChI=1S/C27H28ClN3O3/c1-18(25(26(29)32)19-6-8-20(9-7-19)27(33)34)23-4-2-3-5-24(23)31-16-14-30(15-17-31)22-12-10-21(28)11-13-22/h2-13,18,25H,14-17H2,1H3,(H2,29,32)(H,33,34). The fourth-order valence-electron chi connectivity index (χ4n) is 4.73. The first-order valence-electron chi connectivity index (χ1n) is 11.3. The summed E-state index contributed by atoms with van der Waals surface area (Å²) in [6, 6.07) is 22.4. The van der Waals surface area contributed by atoms with Crippen molar-refractivity contribution < 1.29 is 14.7 Å². The second-order valence-electron chi connectivity index (χ2n) is 8.61. The Morgan fingerprint density at radius 2 is 1.47 bits per heavy atom. The van der Waals surface area contributed by atoms with Crippen LogP contribution in [0.1, 0.15) is 40.2 Å². The van der Waals surface area contributed by atoms with Crippen molar-refractivity contribution in [2.45, 2.75) is 18.8 Å². The molecule has 1 amide bonds. The van der Waals surface area contributed by atoms with Crippen LogP contribution >= 0.6 is 11.6 Å². The molecule has 0 aromatic heterocycles. The molecule has 1 aliphatic rings. The average Bonchev–Trinajstić information content (AvgIpc) is 2.85. The highest BCUT2D eigenvalue weighted by Gasteiger charge is 2.29. The Morgan fingerprint density at radius 3 is 2.06 bits per heavy atom. The summed E-state index contributed by atoms with van der Waals surface area (Å²) in [6.45, 7) is 5.45. The fraction of sp³-hybridized carbons (Fsp3) is 0.259. The van der Waals surface area contributed by atoms with Crippen molar-refractivity contribution in [2.24, 2.45) is 5.73 Å². The minimum Gasteiger partial charge on any atom is -0.478 e. The van der Waals surface area contributed by atoms with E-state index in [0.29, 0.717) is 5.56 Å². The number of rotatable bonds is 7. The molecule has 7 heteroatoms. The summed E-state index contributed by atoms with van der Waals surface area (Å²) in [7, 11) is 0. The zero-order chi connectivity index (χ0) is 24.2. The molecule has 1 fully saturated rings. The van der Waals surface area contributed by atoms with E-state index in [4.69, 9.17) is 17.3 Å². The highest BCUT2D eigenvalue weighted by atomic mass is 35.5. The lowest BCUT2D eigenvalue weighted by Crippen LogP contribution is -2.47. The molecule has 0 spiro atoms. The van der Waals surface area contributed by atoms with Crippen LogP contribution in [0.5, 0.6) is 0 Å². The van der Waals surface area contributed by atoms with E-state index < -0.39 is 17.8 Å². The van der Waals surface area contributed by atoms with E-state index in [-0.39, 0.29) is 11.5 Å². The van der Waals surface area contributed by atoms with Gasteiger partial charge in [0.15, 0.2) is 0 Å². The van der Waals surface area contributed by atoms with Gasteiger partial charge in [0.05, 0.1) is 11.5 Å². The first-order valence-corrected chi connectivity index (χ1v) is 11.7. The molecule has 0 saturated carbocycles. The van der Waals surface area contributed by atoms with Crippen molar-refractivity contribution in [3.05, 3.63) is 94.5 Å². The van der Waals surface area contributed by atoms with Crippen LogP contribution in [0.4, 0.5) is 11.4 Å². The van der Waals surface area contributed by atoms with E-state index in [9.17, 15) is 14.7 Å². The molecule has 3 aromatic carbocycles. The van der Waals surface area contributed by atoms with E-state index in [0.717, 1.165) is 48.1 Å². The van der Waals surface area contributed by atoms with Gasteiger partial charge in [0.2, 0.25) is 5.91 Å². The Balaban J connectivity index is 1.55.